The molecule has 0 heterocycles. The van der Waals surface area contributed by atoms with Gasteiger partial charge in [0.15, 0.2) is 14.7 Å². The first kappa shape index (κ1) is 31.9. The molecular formula is C26H29F3NO7S3+. The Balaban J connectivity index is 1.79. The Morgan fingerprint density at radius 2 is 1.23 bits per heavy atom. The van der Waals surface area contributed by atoms with Gasteiger partial charge in [-0.05, 0) is 69.3 Å². The summed E-state index contributed by atoms with van der Waals surface area (Å²) in [5, 5.41) is 0. The van der Waals surface area contributed by atoms with Crippen molar-refractivity contribution in [3.8, 4) is 5.75 Å². The highest BCUT2D eigenvalue weighted by Crippen LogP contribution is 2.32. The van der Waals surface area contributed by atoms with Crippen LogP contribution in [0.3, 0.4) is 0 Å². The van der Waals surface area contributed by atoms with Crippen LogP contribution in [0.15, 0.2) is 99.6 Å². The highest BCUT2D eigenvalue weighted by molar-refractivity contribution is 8.03. The lowest BCUT2D eigenvalue weighted by Gasteiger charge is -2.25. The average molecular weight is 621 g/mol. The fraction of sp³-hybridized carbons (Fsp3) is 0.308. The zero-order valence-electron chi connectivity index (χ0n) is 21.8. The molecule has 1 N–H and O–H groups in total. The van der Waals surface area contributed by atoms with Crippen LogP contribution in [0, 0.1) is 0 Å². The minimum atomic E-state index is -6.19. The van der Waals surface area contributed by atoms with Gasteiger partial charge in [-0.15, -0.1) is 0 Å². The van der Waals surface area contributed by atoms with Gasteiger partial charge in [-0.25, -0.2) is 8.42 Å². The molecule has 14 heteroatoms. The second-order valence-corrected chi connectivity index (χ2v) is 14.6. The highest BCUT2D eigenvalue weighted by Gasteiger charge is 2.48. The molecule has 1 unspecified atom stereocenters. The van der Waals surface area contributed by atoms with Crippen LogP contribution in [0.2, 0.25) is 0 Å². The molecule has 0 aromatic heterocycles. The summed E-state index contributed by atoms with van der Waals surface area (Å²) in [5.41, 5.74) is -6.50. The maximum atomic E-state index is 12.6. The smallest absolute Gasteiger partial charge is 0.486 e. The maximum Gasteiger partial charge on any atom is 0.512 e. The molecule has 3 aromatic rings. The maximum absolute atomic E-state index is 12.6. The minimum absolute atomic E-state index is 0.203. The number of halogens is 3. The molecule has 0 aliphatic rings. The van der Waals surface area contributed by atoms with Crippen molar-refractivity contribution in [3.05, 3.63) is 84.9 Å². The molecule has 0 fully saturated rings. The van der Waals surface area contributed by atoms with E-state index in [1.807, 2.05) is 72.8 Å². The summed E-state index contributed by atoms with van der Waals surface area (Å²) < 4.78 is 101. The Morgan fingerprint density at radius 3 is 1.68 bits per heavy atom. The molecule has 3 rings (SSSR count). The number of hydrogen-bond donors (Lipinski definition) is 1. The van der Waals surface area contributed by atoms with E-state index >= 15 is 0 Å². The number of ether oxygens (including phenoxy) is 2. The second-order valence-electron chi connectivity index (χ2n) is 9.34. The van der Waals surface area contributed by atoms with E-state index in [4.69, 9.17) is 9.47 Å². The topological polar surface area (TPSA) is 108 Å². The lowest BCUT2D eigenvalue weighted by Crippen LogP contribution is -2.42. The molecule has 0 saturated carbocycles. The van der Waals surface area contributed by atoms with Crippen LogP contribution in [0.1, 0.15) is 20.8 Å². The number of sulfonamides is 1. The van der Waals surface area contributed by atoms with Gasteiger partial charge in [0, 0.05) is 0 Å². The summed E-state index contributed by atoms with van der Waals surface area (Å²) in [6, 6.07) is 26.9. The number of benzene rings is 3. The second kappa shape index (κ2) is 12.9. The summed E-state index contributed by atoms with van der Waals surface area (Å²) in [6.07, 6.45) is -1.11. The monoisotopic (exact) mass is 620 g/mol. The van der Waals surface area contributed by atoms with Gasteiger partial charge in [-0.3, -0.25) is 4.18 Å². The van der Waals surface area contributed by atoms with Gasteiger partial charge in [0.25, 0.3) is 0 Å². The van der Waals surface area contributed by atoms with Crippen molar-refractivity contribution in [2.45, 2.75) is 52.7 Å². The summed E-state index contributed by atoms with van der Waals surface area (Å²) in [6.45, 7) is 4.19. The number of alkyl halides is 3. The summed E-state index contributed by atoms with van der Waals surface area (Å²) in [5.74, 6) is 0.313. The lowest BCUT2D eigenvalue weighted by molar-refractivity contribution is -0.0509. The normalized spacial score (nSPS) is 13.8. The first-order valence-electron chi connectivity index (χ1n) is 11.8. The highest BCUT2D eigenvalue weighted by atomic mass is 32.3. The molecule has 0 amide bonds. The van der Waals surface area contributed by atoms with Crippen molar-refractivity contribution in [1.29, 1.82) is 0 Å². The third-order valence-electron chi connectivity index (χ3n) is 4.95. The number of rotatable bonds is 12. The minimum Gasteiger partial charge on any atom is -0.486 e. The van der Waals surface area contributed by atoms with Gasteiger partial charge in [0.05, 0.1) is 23.1 Å². The van der Waals surface area contributed by atoms with Crippen LogP contribution in [-0.4, -0.2) is 47.3 Å². The van der Waals surface area contributed by atoms with E-state index in [9.17, 15) is 30.0 Å². The van der Waals surface area contributed by atoms with Gasteiger partial charge in [0.2, 0.25) is 0 Å². The van der Waals surface area contributed by atoms with E-state index in [0.717, 1.165) is 14.7 Å². The Bertz CT molecular complexity index is 1410. The molecule has 3 aromatic carbocycles. The quantitative estimate of drug-likeness (QED) is 0.283. The average Bonchev–Trinajstić information content (AvgIpc) is 2.86. The molecule has 0 radical (unpaired) electrons. The fourth-order valence-electron chi connectivity index (χ4n) is 3.20. The predicted octanol–water partition coefficient (Wildman–Crippen LogP) is 5.05. The third-order valence-corrected chi connectivity index (χ3v) is 9.93. The van der Waals surface area contributed by atoms with Crippen LogP contribution >= 0.6 is 0 Å². The predicted molar refractivity (Wildman–Crippen MR) is 145 cm³/mol. The first-order valence-corrected chi connectivity index (χ1v) is 15.9. The largest absolute Gasteiger partial charge is 0.512 e. The van der Waals surface area contributed by atoms with Crippen LogP contribution in [0.25, 0.3) is 0 Å². The summed E-state index contributed by atoms with van der Waals surface area (Å²) in [7, 11) is -12.0. The molecule has 0 aliphatic heterocycles. The van der Waals surface area contributed by atoms with E-state index in [1.165, 1.54) is 0 Å². The lowest BCUT2D eigenvalue weighted by atomic mass is 10.2. The van der Waals surface area contributed by atoms with E-state index in [1.54, 1.807) is 32.9 Å². The van der Waals surface area contributed by atoms with Crippen molar-refractivity contribution < 1.29 is 43.7 Å². The van der Waals surface area contributed by atoms with E-state index < -0.39 is 55.0 Å². The molecule has 1 atom stereocenters. The zero-order chi connectivity index (χ0) is 29.6. The molecular weight excluding hydrogens is 591 g/mol. The van der Waals surface area contributed by atoms with Gasteiger partial charge in [0.1, 0.15) is 18.5 Å². The fourth-order valence-corrected chi connectivity index (χ4v) is 7.26. The van der Waals surface area contributed by atoms with Crippen LogP contribution < -0.4 is 8.86 Å². The Labute approximate surface area is 235 Å². The molecule has 8 nitrogen and oxygen atoms in total. The van der Waals surface area contributed by atoms with Gasteiger partial charge >= 0.3 is 25.8 Å². The van der Waals surface area contributed by atoms with Crippen molar-refractivity contribution in [2.24, 2.45) is 0 Å². The molecule has 0 spiro atoms. The Hall–Kier alpha value is -2.62. The number of nitrogens with one attached hydrogen (secondary N) is 1. The molecule has 0 bridgehead atoms. The van der Waals surface area contributed by atoms with Crippen molar-refractivity contribution >= 4 is 31.2 Å². The SMILES string of the molecule is CC(C)(C)OCC(COS(=O)(=O)NS(=O)(=O)C(F)(F)F)Oc1ccc([S+](c2ccccc2)c2ccccc2)cc1. The van der Waals surface area contributed by atoms with E-state index in [2.05, 4.69) is 4.18 Å². The molecule has 40 heavy (non-hydrogen) atoms. The summed E-state index contributed by atoms with van der Waals surface area (Å²) in [4.78, 5) is 3.17. The zero-order valence-corrected chi connectivity index (χ0v) is 24.2. The van der Waals surface area contributed by atoms with E-state index in [-0.39, 0.29) is 6.61 Å². The van der Waals surface area contributed by atoms with E-state index in [0.29, 0.717) is 9.88 Å². The molecule has 0 aliphatic carbocycles. The molecule has 218 valence electrons. The van der Waals surface area contributed by atoms with Crippen LogP contribution in [-0.2, 0) is 40.1 Å². The number of hydrogen-bond acceptors (Lipinski definition) is 7. The third kappa shape index (κ3) is 9.49. The van der Waals surface area contributed by atoms with Crippen LogP contribution in [0.4, 0.5) is 13.2 Å². The van der Waals surface area contributed by atoms with Gasteiger partial charge < -0.3 is 9.47 Å². The molecule has 0 saturated heterocycles. The van der Waals surface area contributed by atoms with Crippen molar-refractivity contribution in [1.82, 2.24) is 4.13 Å². The van der Waals surface area contributed by atoms with Gasteiger partial charge in [-0.1, -0.05) is 40.5 Å². The van der Waals surface area contributed by atoms with Gasteiger partial charge in [-0.2, -0.15) is 21.6 Å². The van der Waals surface area contributed by atoms with Crippen molar-refractivity contribution in [3.63, 3.8) is 0 Å². The first-order chi connectivity index (χ1) is 18.6. The standard InChI is InChI=1S/C26H29F3NO7S3/c1-25(2,3)35-18-21(19-36-40(33,34)30-39(31,32)26(27,28)29)37-20-14-16-24(17-15-20)38(22-10-6-4-7-11-22)23-12-8-5-9-13-23/h4-17,21,30H,18-19H2,1-3H3/q+1. The summed E-state index contributed by atoms with van der Waals surface area (Å²) >= 11 is 0. The Kier molecular flexibility index (Phi) is 10.3. The Morgan fingerprint density at radius 1 is 0.750 bits per heavy atom. The van der Waals surface area contributed by atoms with Crippen LogP contribution in [0.5, 0.6) is 5.75 Å². The van der Waals surface area contributed by atoms with Crippen molar-refractivity contribution in [2.75, 3.05) is 13.2 Å².